The van der Waals surface area contributed by atoms with Crippen molar-refractivity contribution in [3.05, 3.63) is 76.4 Å². The number of nitrogens with zero attached hydrogens (tertiary/aromatic N) is 4. The minimum absolute atomic E-state index is 0.0247. The van der Waals surface area contributed by atoms with Crippen molar-refractivity contribution < 1.29 is 24.0 Å². The molecule has 0 aliphatic rings. The van der Waals surface area contributed by atoms with Crippen LogP contribution in [0.1, 0.15) is 10.4 Å². The summed E-state index contributed by atoms with van der Waals surface area (Å²) >= 11 is 0. The molecule has 2 N–H and O–H groups in total. The highest BCUT2D eigenvalue weighted by atomic mass is 19.1. The number of halogens is 1. The number of para-hydroxylation sites is 1. The second kappa shape index (κ2) is 7.71. The second-order valence-electron chi connectivity index (χ2n) is 6.36. The second-order valence-corrected chi connectivity index (χ2v) is 6.36. The molecule has 0 bridgehead atoms. The smallest absolute Gasteiger partial charge is 0.337 e. The van der Waals surface area contributed by atoms with Gasteiger partial charge in [-0.2, -0.15) is 9.37 Å². The van der Waals surface area contributed by atoms with Gasteiger partial charge in [0.15, 0.2) is 0 Å². The van der Waals surface area contributed by atoms with E-state index in [1.165, 1.54) is 19.5 Å². The Morgan fingerprint density at radius 2 is 2.06 bits per heavy atom. The van der Waals surface area contributed by atoms with E-state index < -0.39 is 22.4 Å². The van der Waals surface area contributed by atoms with Crippen molar-refractivity contribution in [3.63, 3.8) is 0 Å². The normalized spacial score (nSPS) is 10.8. The molecule has 2 aromatic heterocycles. The first-order valence-corrected chi connectivity index (χ1v) is 8.85. The minimum atomic E-state index is -1.08. The lowest BCUT2D eigenvalue weighted by Crippen LogP contribution is -2.04. The van der Waals surface area contributed by atoms with E-state index >= 15 is 0 Å². The Balaban J connectivity index is 1.78. The SMILES string of the molecule is COc1cc(F)c([N+](=O)[O-])cc1Nc1nccc(-n2cc(C(=O)O)c3ccccc32)n1. The molecule has 11 heteroatoms. The van der Waals surface area contributed by atoms with Gasteiger partial charge in [0.05, 0.1) is 28.8 Å². The maximum absolute atomic E-state index is 13.9. The number of nitro benzene ring substituents is 1. The molecule has 2 heterocycles. The number of fused-ring (bicyclic) bond motifs is 1. The predicted molar refractivity (Wildman–Crippen MR) is 109 cm³/mol. The fourth-order valence-electron chi connectivity index (χ4n) is 3.15. The average Bonchev–Trinajstić information content (AvgIpc) is 3.15. The number of carbonyl (C=O) groups is 1. The Hall–Kier alpha value is -4.54. The van der Waals surface area contributed by atoms with E-state index in [1.54, 1.807) is 34.9 Å². The molecule has 0 spiro atoms. The molecule has 0 amide bonds. The summed E-state index contributed by atoms with van der Waals surface area (Å²) in [5.41, 5.74) is 0.0948. The topological polar surface area (TPSA) is 132 Å². The molecule has 0 unspecified atom stereocenters. The Labute approximate surface area is 173 Å². The third-order valence-corrected chi connectivity index (χ3v) is 4.54. The Bertz CT molecular complexity index is 1340. The first-order valence-electron chi connectivity index (χ1n) is 8.85. The maximum Gasteiger partial charge on any atom is 0.337 e. The van der Waals surface area contributed by atoms with Crippen LogP contribution in [0.15, 0.2) is 54.9 Å². The van der Waals surface area contributed by atoms with Crippen molar-refractivity contribution in [2.45, 2.75) is 0 Å². The van der Waals surface area contributed by atoms with Crippen LogP contribution in [0, 0.1) is 15.9 Å². The van der Waals surface area contributed by atoms with E-state index in [2.05, 4.69) is 15.3 Å². The zero-order chi connectivity index (χ0) is 22.1. The number of hydrogen-bond donors (Lipinski definition) is 2. The number of rotatable bonds is 6. The molecule has 10 nitrogen and oxygen atoms in total. The standard InChI is InChI=1S/C20H14FN5O5/c1-31-17-8-13(21)16(26(29)30)9-14(17)23-20-22-7-6-18(24-20)25-10-12(19(27)28)11-4-2-3-5-15(11)25/h2-10H,1H3,(H,27,28)(H,22,23,24). The van der Waals surface area contributed by atoms with E-state index in [4.69, 9.17) is 4.74 Å². The summed E-state index contributed by atoms with van der Waals surface area (Å²) < 4.78 is 20.6. The molecule has 0 atom stereocenters. The number of methoxy groups -OCH3 is 1. The molecule has 31 heavy (non-hydrogen) atoms. The molecule has 4 aromatic rings. The van der Waals surface area contributed by atoms with Crippen molar-refractivity contribution in [2.75, 3.05) is 12.4 Å². The number of carboxylic acids is 1. The summed E-state index contributed by atoms with van der Waals surface area (Å²) in [4.78, 5) is 30.3. The van der Waals surface area contributed by atoms with Crippen LogP contribution in [0.3, 0.4) is 0 Å². The van der Waals surface area contributed by atoms with Gasteiger partial charge in [0.1, 0.15) is 11.6 Å². The van der Waals surface area contributed by atoms with E-state index in [1.807, 2.05) is 0 Å². The summed E-state index contributed by atoms with van der Waals surface area (Å²) in [5.74, 6) is -1.69. The van der Waals surface area contributed by atoms with Crippen LogP contribution in [-0.4, -0.2) is 37.6 Å². The van der Waals surface area contributed by atoms with Crippen LogP contribution in [0.5, 0.6) is 5.75 Å². The number of benzene rings is 2. The van der Waals surface area contributed by atoms with Gasteiger partial charge in [-0.3, -0.25) is 10.1 Å². The zero-order valence-corrected chi connectivity index (χ0v) is 15.9. The van der Waals surface area contributed by atoms with Gasteiger partial charge in [0, 0.05) is 29.9 Å². The fourth-order valence-corrected chi connectivity index (χ4v) is 3.15. The van der Waals surface area contributed by atoms with Crippen molar-refractivity contribution >= 4 is 34.2 Å². The number of aromatic carboxylic acids is 1. The summed E-state index contributed by atoms with van der Waals surface area (Å²) in [5, 5.41) is 23.9. The Kier molecular flexibility index (Phi) is 4.91. The van der Waals surface area contributed by atoms with Gasteiger partial charge in [0.25, 0.3) is 0 Å². The summed E-state index contributed by atoms with van der Waals surface area (Å²) in [7, 11) is 1.29. The average molecular weight is 423 g/mol. The van der Waals surface area contributed by atoms with Gasteiger partial charge in [-0.25, -0.2) is 9.78 Å². The van der Waals surface area contributed by atoms with E-state index in [0.717, 1.165) is 12.1 Å². The highest BCUT2D eigenvalue weighted by Gasteiger charge is 2.20. The number of aromatic nitrogens is 3. The van der Waals surface area contributed by atoms with Crippen LogP contribution in [0.2, 0.25) is 0 Å². The highest BCUT2D eigenvalue weighted by molar-refractivity contribution is 6.03. The highest BCUT2D eigenvalue weighted by Crippen LogP contribution is 2.33. The first kappa shape index (κ1) is 19.8. The van der Waals surface area contributed by atoms with Gasteiger partial charge < -0.3 is 19.7 Å². The monoisotopic (exact) mass is 423 g/mol. The first-order chi connectivity index (χ1) is 14.9. The van der Waals surface area contributed by atoms with Gasteiger partial charge in [-0.05, 0) is 12.1 Å². The number of nitrogens with one attached hydrogen (secondary N) is 1. The molecule has 2 aromatic carbocycles. The number of hydrogen-bond acceptors (Lipinski definition) is 7. The number of nitro groups is 1. The number of carboxylic acid groups (broad SMARTS) is 1. The van der Waals surface area contributed by atoms with Crippen LogP contribution < -0.4 is 10.1 Å². The molecule has 0 saturated heterocycles. The Morgan fingerprint density at radius 3 is 2.77 bits per heavy atom. The van der Waals surface area contributed by atoms with Crippen molar-refractivity contribution in [1.82, 2.24) is 14.5 Å². The third-order valence-electron chi connectivity index (χ3n) is 4.54. The van der Waals surface area contributed by atoms with Crippen LogP contribution >= 0.6 is 0 Å². The molecule has 4 rings (SSSR count). The van der Waals surface area contributed by atoms with Gasteiger partial charge in [-0.1, -0.05) is 18.2 Å². The van der Waals surface area contributed by atoms with Gasteiger partial charge >= 0.3 is 11.7 Å². The molecular formula is C20H14FN5O5. The molecule has 156 valence electrons. The third kappa shape index (κ3) is 3.59. The van der Waals surface area contributed by atoms with Crippen molar-refractivity contribution in [2.24, 2.45) is 0 Å². The molecule has 0 aliphatic heterocycles. The van der Waals surface area contributed by atoms with Crippen molar-refractivity contribution in [1.29, 1.82) is 0 Å². The quantitative estimate of drug-likeness (QED) is 0.352. The summed E-state index contributed by atoms with van der Waals surface area (Å²) in [6, 6.07) is 10.4. The van der Waals surface area contributed by atoms with E-state index in [9.17, 15) is 24.4 Å². The molecular weight excluding hydrogens is 409 g/mol. The summed E-state index contributed by atoms with van der Waals surface area (Å²) in [6.45, 7) is 0. The molecule has 0 saturated carbocycles. The molecule has 0 fully saturated rings. The van der Waals surface area contributed by atoms with Crippen LogP contribution in [0.4, 0.5) is 21.7 Å². The maximum atomic E-state index is 13.9. The minimum Gasteiger partial charge on any atom is -0.494 e. The lowest BCUT2D eigenvalue weighted by Gasteiger charge is -2.11. The summed E-state index contributed by atoms with van der Waals surface area (Å²) in [6.07, 6.45) is 2.88. The van der Waals surface area contributed by atoms with Gasteiger partial charge in [0.2, 0.25) is 11.8 Å². The Morgan fingerprint density at radius 1 is 1.29 bits per heavy atom. The largest absolute Gasteiger partial charge is 0.494 e. The lowest BCUT2D eigenvalue weighted by atomic mass is 10.2. The van der Waals surface area contributed by atoms with Crippen LogP contribution in [0.25, 0.3) is 16.7 Å². The van der Waals surface area contributed by atoms with E-state index in [-0.39, 0.29) is 22.9 Å². The van der Waals surface area contributed by atoms with E-state index in [0.29, 0.717) is 16.7 Å². The lowest BCUT2D eigenvalue weighted by molar-refractivity contribution is -0.387. The molecule has 0 radical (unpaired) electrons. The van der Waals surface area contributed by atoms with Crippen LogP contribution in [-0.2, 0) is 0 Å². The predicted octanol–water partition coefficient (Wildman–Crippen LogP) is 3.92. The van der Waals surface area contributed by atoms with Gasteiger partial charge in [-0.15, -0.1) is 0 Å². The molecule has 0 aliphatic carbocycles. The number of ether oxygens (including phenoxy) is 1. The van der Waals surface area contributed by atoms with Crippen molar-refractivity contribution in [3.8, 4) is 11.6 Å². The zero-order valence-electron chi connectivity index (χ0n) is 15.9. The fraction of sp³-hybridized carbons (Fsp3) is 0.0500. The number of anilines is 2.